The Labute approximate surface area is 190 Å². The molecule has 31 heavy (non-hydrogen) atoms. The van der Waals surface area contributed by atoms with Crippen LogP contribution in [0.4, 0.5) is 5.00 Å². The first-order valence-electron chi connectivity index (χ1n) is 11.1. The summed E-state index contributed by atoms with van der Waals surface area (Å²) in [7, 11) is 1.64. The smallest absolute Gasteiger partial charge is 0.260 e. The van der Waals surface area contributed by atoms with E-state index in [2.05, 4.69) is 51.8 Å². The highest BCUT2D eigenvalue weighted by molar-refractivity contribution is 7.16. The number of ether oxygens (including phenoxy) is 1. The van der Waals surface area contributed by atoms with Gasteiger partial charge in [-0.05, 0) is 84.2 Å². The van der Waals surface area contributed by atoms with Crippen LogP contribution in [0.1, 0.15) is 66.9 Å². The Morgan fingerprint density at radius 1 is 1.10 bits per heavy atom. The van der Waals surface area contributed by atoms with Crippen LogP contribution in [0.25, 0.3) is 0 Å². The number of carbonyl (C=O) groups excluding carboxylic acids is 1. The Kier molecular flexibility index (Phi) is 5.69. The average molecular weight is 442 g/mol. The van der Waals surface area contributed by atoms with Crippen molar-refractivity contribution in [3.63, 3.8) is 0 Å². The maximum atomic E-state index is 13.6. The summed E-state index contributed by atoms with van der Waals surface area (Å²) in [5.41, 5.74) is 3.46. The van der Waals surface area contributed by atoms with Gasteiger partial charge in [0.2, 0.25) is 0 Å². The van der Waals surface area contributed by atoms with Crippen LogP contribution in [-0.4, -0.2) is 41.7 Å². The summed E-state index contributed by atoms with van der Waals surface area (Å²) in [6.45, 7) is 15.1. The van der Waals surface area contributed by atoms with Gasteiger partial charge in [0, 0.05) is 39.7 Å². The van der Waals surface area contributed by atoms with Crippen LogP contribution in [0.2, 0.25) is 0 Å². The normalized spacial score (nSPS) is 21.1. The largest absolute Gasteiger partial charge is 0.497 e. The molecule has 6 heteroatoms. The van der Waals surface area contributed by atoms with Crippen molar-refractivity contribution in [3.05, 3.63) is 45.8 Å². The molecule has 2 aromatic rings. The van der Waals surface area contributed by atoms with Crippen molar-refractivity contribution in [2.45, 2.75) is 78.0 Å². The summed E-state index contributed by atoms with van der Waals surface area (Å²) < 4.78 is 5.27. The van der Waals surface area contributed by atoms with Crippen LogP contribution in [0.15, 0.2) is 24.3 Å². The maximum absolute atomic E-state index is 13.6. The lowest BCUT2D eigenvalue weighted by Gasteiger charge is -2.51. The van der Waals surface area contributed by atoms with E-state index in [0.717, 1.165) is 30.1 Å². The number of hydrogen-bond acceptors (Lipinski definition) is 5. The van der Waals surface area contributed by atoms with Gasteiger partial charge in [-0.1, -0.05) is 0 Å². The molecule has 2 aliphatic heterocycles. The Hall–Kier alpha value is -1.89. The summed E-state index contributed by atoms with van der Waals surface area (Å²) in [6, 6.07) is 7.87. The van der Waals surface area contributed by atoms with Crippen LogP contribution in [0.3, 0.4) is 0 Å². The van der Waals surface area contributed by atoms with Crippen molar-refractivity contribution in [2.75, 3.05) is 18.7 Å². The van der Waals surface area contributed by atoms with Crippen molar-refractivity contribution in [2.24, 2.45) is 0 Å². The van der Waals surface area contributed by atoms with Gasteiger partial charge in [0.1, 0.15) is 10.8 Å². The second-order valence-electron chi connectivity index (χ2n) is 10.4. The average Bonchev–Trinajstić information content (AvgIpc) is 2.98. The molecular weight excluding hydrogens is 406 g/mol. The lowest BCUT2D eigenvalue weighted by Crippen LogP contribution is -2.63. The number of rotatable bonds is 3. The lowest BCUT2D eigenvalue weighted by molar-refractivity contribution is 0.0562. The van der Waals surface area contributed by atoms with Gasteiger partial charge in [0.25, 0.3) is 5.91 Å². The van der Waals surface area contributed by atoms with Crippen molar-refractivity contribution in [1.82, 2.24) is 10.2 Å². The fourth-order valence-electron chi connectivity index (χ4n) is 5.38. The number of aryl methyl sites for hydroxylation is 1. The fourth-order valence-corrected chi connectivity index (χ4v) is 6.53. The molecule has 5 nitrogen and oxygen atoms in total. The highest BCUT2D eigenvalue weighted by atomic mass is 32.1. The number of benzene rings is 1. The third-order valence-corrected chi connectivity index (χ3v) is 7.96. The molecule has 1 amide bonds. The van der Waals surface area contributed by atoms with E-state index in [4.69, 9.17) is 4.74 Å². The predicted molar refractivity (Wildman–Crippen MR) is 128 cm³/mol. The van der Waals surface area contributed by atoms with Crippen LogP contribution in [0.5, 0.6) is 5.75 Å². The molecule has 0 unspecified atom stereocenters. The Morgan fingerprint density at radius 2 is 1.71 bits per heavy atom. The standard InChI is InChI=1S/C25H35N3O2S/c1-16-17(2)31-23-21(16)14-27(19-12-24(3,4)26-25(5,6)13-19)15-28(23)22(29)18-8-10-20(30-7)11-9-18/h8-11,19,26H,12-15H2,1-7H3. The zero-order valence-corrected chi connectivity index (χ0v) is 20.7. The van der Waals surface area contributed by atoms with E-state index in [1.54, 1.807) is 18.4 Å². The highest BCUT2D eigenvalue weighted by Crippen LogP contribution is 2.42. The molecule has 2 aliphatic rings. The zero-order chi connectivity index (χ0) is 22.6. The van der Waals surface area contributed by atoms with E-state index in [-0.39, 0.29) is 17.0 Å². The number of piperidine rings is 1. The molecule has 3 heterocycles. The van der Waals surface area contributed by atoms with Crippen LogP contribution >= 0.6 is 11.3 Å². The van der Waals surface area contributed by atoms with Gasteiger partial charge in [-0.25, -0.2) is 0 Å². The van der Waals surface area contributed by atoms with Gasteiger partial charge >= 0.3 is 0 Å². The van der Waals surface area contributed by atoms with Crippen molar-refractivity contribution >= 4 is 22.2 Å². The molecule has 0 saturated carbocycles. The second kappa shape index (κ2) is 7.91. The predicted octanol–water partition coefficient (Wildman–Crippen LogP) is 5.10. The van der Waals surface area contributed by atoms with Crippen LogP contribution in [0, 0.1) is 13.8 Å². The molecule has 168 valence electrons. The molecule has 0 atom stereocenters. The van der Waals surface area contributed by atoms with Gasteiger partial charge in [-0.3, -0.25) is 14.6 Å². The zero-order valence-electron chi connectivity index (χ0n) is 19.8. The SMILES string of the molecule is COc1ccc(C(=O)N2CN(C3CC(C)(C)NC(C)(C)C3)Cc3c2sc(C)c3C)cc1. The summed E-state index contributed by atoms with van der Waals surface area (Å²) in [5.74, 6) is 0.821. The number of carbonyl (C=O) groups is 1. The minimum Gasteiger partial charge on any atom is -0.497 e. The van der Waals surface area contributed by atoms with E-state index in [0.29, 0.717) is 18.3 Å². The summed E-state index contributed by atoms with van der Waals surface area (Å²) >= 11 is 1.75. The molecule has 0 bridgehead atoms. The second-order valence-corrected chi connectivity index (χ2v) is 11.6. The number of hydrogen-bond donors (Lipinski definition) is 1. The van der Waals surface area contributed by atoms with E-state index in [1.165, 1.54) is 16.0 Å². The van der Waals surface area contributed by atoms with Gasteiger partial charge in [-0.2, -0.15) is 0 Å². The first kappa shape index (κ1) is 22.3. The summed E-state index contributed by atoms with van der Waals surface area (Å²) in [6.07, 6.45) is 2.14. The highest BCUT2D eigenvalue weighted by Gasteiger charge is 2.42. The molecule has 4 rings (SSSR count). The Morgan fingerprint density at radius 3 is 2.29 bits per heavy atom. The van der Waals surface area contributed by atoms with Gasteiger partial charge in [0.05, 0.1) is 13.8 Å². The van der Waals surface area contributed by atoms with Crippen LogP contribution in [-0.2, 0) is 6.54 Å². The number of fused-ring (bicyclic) bond motifs is 1. The molecule has 1 aromatic heterocycles. The van der Waals surface area contributed by atoms with Gasteiger partial charge < -0.3 is 10.1 Å². The molecule has 0 radical (unpaired) electrons. The van der Waals surface area contributed by atoms with E-state index < -0.39 is 0 Å². The minimum atomic E-state index is 0.0577. The fraction of sp³-hybridized carbons (Fsp3) is 0.560. The number of nitrogens with zero attached hydrogens (tertiary/aromatic N) is 2. The van der Waals surface area contributed by atoms with Crippen molar-refractivity contribution in [1.29, 1.82) is 0 Å². The number of anilines is 1. The molecular formula is C25H35N3O2S. The van der Waals surface area contributed by atoms with Crippen LogP contribution < -0.4 is 15.0 Å². The third kappa shape index (κ3) is 4.38. The number of nitrogens with one attached hydrogen (secondary N) is 1. The third-order valence-electron chi connectivity index (χ3n) is 6.69. The van der Waals surface area contributed by atoms with Crippen molar-refractivity contribution in [3.8, 4) is 5.75 Å². The minimum absolute atomic E-state index is 0.0577. The van der Waals surface area contributed by atoms with E-state index in [1.807, 2.05) is 29.2 Å². The number of methoxy groups -OCH3 is 1. The lowest BCUT2D eigenvalue weighted by atomic mass is 9.79. The molecule has 0 aliphatic carbocycles. The van der Waals surface area contributed by atoms with E-state index >= 15 is 0 Å². The summed E-state index contributed by atoms with van der Waals surface area (Å²) in [4.78, 5) is 19.4. The molecule has 1 saturated heterocycles. The first-order chi connectivity index (χ1) is 14.5. The molecule has 1 N–H and O–H groups in total. The maximum Gasteiger partial charge on any atom is 0.260 e. The Balaban J connectivity index is 1.68. The monoisotopic (exact) mass is 441 g/mol. The first-order valence-corrected chi connectivity index (χ1v) is 11.9. The molecule has 1 aromatic carbocycles. The Bertz CT molecular complexity index is 961. The van der Waals surface area contributed by atoms with Crippen molar-refractivity contribution < 1.29 is 9.53 Å². The van der Waals surface area contributed by atoms with Gasteiger partial charge in [0.15, 0.2) is 0 Å². The quantitative estimate of drug-likeness (QED) is 0.720. The van der Waals surface area contributed by atoms with E-state index in [9.17, 15) is 4.79 Å². The van der Waals surface area contributed by atoms with Gasteiger partial charge in [-0.15, -0.1) is 11.3 Å². The number of amides is 1. The topological polar surface area (TPSA) is 44.8 Å². The molecule has 1 fully saturated rings. The molecule has 0 spiro atoms. The number of thiophene rings is 1. The summed E-state index contributed by atoms with van der Waals surface area (Å²) in [5, 5.41) is 4.90.